The number of amides is 3. The molecule has 1 aliphatic rings. The highest BCUT2D eigenvalue weighted by Gasteiger charge is 2.35. The van der Waals surface area contributed by atoms with Gasteiger partial charge in [0, 0.05) is 39.9 Å². The molecule has 3 amide bonds. The molecule has 8 nitrogen and oxygen atoms in total. The summed E-state index contributed by atoms with van der Waals surface area (Å²) in [5.41, 5.74) is 2.45. The van der Waals surface area contributed by atoms with Crippen LogP contribution in [0.15, 0.2) is 47.7 Å². The molecule has 172 valence electrons. The van der Waals surface area contributed by atoms with Crippen molar-refractivity contribution in [3.63, 3.8) is 0 Å². The molecule has 0 bridgehead atoms. The van der Waals surface area contributed by atoms with Crippen LogP contribution >= 0.6 is 0 Å². The van der Waals surface area contributed by atoms with Gasteiger partial charge in [0.15, 0.2) is 0 Å². The maximum absolute atomic E-state index is 13.5. The molecule has 1 aliphatic heterocycles. The largest absolute Gasteiger partial charge is 0.383 e. The van der Waals surface area contributed by atoms with Gasteiger partial charge >= 0.3 is 6.03 Å². The van der Waals surface area contributed by atoms with Crippen LogP contribution in [0.1, 0.15) is 37.1 Å². The molecule has 2 aromatic rings. The smallest absolute Gasteiger partial charge is 0.317 e. The summed E-state index contributed by atoms with van der Waals surface area (Å²) >= 11 is 0. The number of halogens is 1. The molecule has 1 aromatic heterocycles. The van der Waals surface area contributed by atoms with E-state index in [1.807, 2.05) is 36.9 Å². The molecule has 0 unspecified atom stereocenters. The van der Waals surface area contributed by atoms with Gasteiger partial charge in [-0.15, -0.1) is 0 Å². The van der Waals surface area contributed by atoms with Crippen molar-refractivity contribution < 1.29 is 18.7 Å². The van der Waals surface area contributed by atoms with Crippen molar-refractivity contribution in [3.05, 3.63) is 59.7 Å². The normalized spacial score (nSPS) is 15.6. The maximum atomic E-state index is 13.5. The van der Waals surface area contributed by atoms with E-state index in [0.717, 1.165) is 23.4 Å². The van der Waals surface area contributed by atoms with Crippen LogP contribution in [0.2, 0.25) is 0 Å². The summed E-state index contributed by atoms with van der Waals surface area (Å²) in [7, 11) is 3.46. The third kappa shape index (κ3) is 5.53. The molecule has 1 N–H and O–H groups in total. The first kappa shape index (κ1) is 23.5. The fourth-order valence-corrected chi connectivity index (χ4v) is 3.63. The number of urea groups is 1. The Morgan fingerprint density at radius 2 is 2.03 bits per heavy atom. The zero-order valence-corrected chi connectivity index (χ0v) is 18.8. The fourth-order valence-electron chi connectivity index (χ4n) is 3.63. The number of nitrogens with zero attached hydrogens (tertiary/aromatic N) is 4. The van der Waals surface area contributed by atoms with E-state index in [1.165, 1.54) is 22.0 Å². The molecule has 1 atom stereocenters. The lowest BCUT2D eigenvalue weighted by atomic mass is 10.0. The Morgan fingerprint density at radius 3 is 2.66 bits per heavy atom. The van der Waals surface area contributed by atoms with E-state index >= 15 is 0 Å². The number of carbonyl (C=O) groups is 2. The molecule has 3 rings (SSSR count). The van der Waals surface area contributed by atoms with Crippen LogP contribution in [0.5, 0.6) is 0 Å². The average molecular weight is 444 g/mol. The van der Waals surface area contributed by atoms with Crippen LogP contribution < -0.4 is 5.32 Å². The van der Waals surface area contributed by atoms with E-state index in [9.17, 15) is 14.0 Å². The summed E-state index contributed by atoms with van der Waals surface area (Å²) < 4.78 is 20.5. The molecule has 1 aromatic carbocycles. The van der Waals surface area contributed by atoms with Gasteiger partial charge in [0.25, 0.3) is 5.91 Å². The second kappa shape index (κ2) is 10.9. The number of aryl methyl sites for hydroxylation is 1. The first-order valence-corrected chi connectivity index (χ1v) is 10.7. The minimum Gasteiger partial charge on any atom is -0.383 e. The zero-order valence-electron chi connectivity index (χ0n) is 18.8. The number of hydrogen-bond acceptors (Lipinski definition) is 4. The summed E-state index contributed by atoms with van der Waals surface area (Å²) in [4.78, 5) is 27.3. The van der Waals surface area contributed by atoms with Crippen molar-refractivity contribution in [1.29, 1.82) is 0 Å². The van der Waals surface area contributed by atoms with Gasteiger partial charge in [0.1, 0.15) is 12.4 Å². The van der Waals surface area contributed by atoms with Gasteiger partial charge in [-0.25, -0.2) is 14.2 Å². The predicted molar refractivity (Wildman–Crippen MR) is 120 cm³/mol. The predicted octanol–water partition coefficient (Wildman–Crippen LogP) is 2.91. The lowest BCUT2D eigenvalue weighted by molar-refractivity contribution is -0.133. The monoisotopic (exact) mass is 443 g/mol. The van der Waals surface area contributed by atoms with Gasteiger partial charge in [0.2, 0.25) is 0 Å². The summed E-state index contributed by atoms with van der Waals surface area (Å²) in [6.45, 7) is 2.93. The molecular formula is C23H30FN5O3. The van der Waals surface area contributed by atoms with Crippen LogP contribution in [0.4, 0.5) is 9.18 Å². The number of benzene rings is 1. The van der Waals surface area contributed by atoms with Crippen molar-refractivity contribution in [2.45, 2.75) is 25.8 Å². The molecule has 2 heterocycles. The third-order valence-electron chi connectivity index (χ3n) is 5.36. The summed E-state index contributed by atoms with van der Waals surface area (Å²) in [6, 6.07) is 9.25. The lowest BCUT2D eigenvalue weighted by Gasteiger charge is -2.27. The topological polar surface area (TPSA) is 79.2 Å². The fraction of sp³-hybridized carbons (Fsp3) is 0.435. The first-order valence-electron chi connectivity index (χ1n) is 10.7. The van der Waals surface area contributed by atoms with Crippen LogP contribution in [-0.2, 0) is 16.6 Å². The Kier molecular flexibility index (Phi) is 7.99. The molecule has 0 fully saturated rings. The average Bonchev–Trinajstić information content (AvgIpc) is 3.41. The zero-order chi connectivity index (χ0) is 23.1. The van der Waals surface area contributed by atoms with Gasteiger partial charge in [-0.3, -0.25) is 4.79 Å². The maximum Gasteiger partial charge on any atom is 0.317 e. The van der Waals surface area contributed by atoms with Gasteiger partial charge < -0.3 is 19.5 Å². The van der Waals surface area contributed by atoms with Crippen molar-refractivity contribution in [2.75, 3.05) is 33.4 Å². The molecular weight excluding hydrogens is 413 g/mol. The number of methoxy groups -OCH3 is 1. The standard InChI is InChI=1S/C23H30FN5O3/c1-4-11-25-23(31)28(13-14-32-3)16-22(30)29-21(17-7-9-18(24)10-8-17)15-19(26-29)20-6-5-12-27(20)2/h5-10,12,21H,4,11,13-16H2,1-3H3,(H,25,31)/t21-/m0/s1. The second-order valence-electron chi connectivity index (χ2n) is 7.71. The van der Waals surface area contributed by atoms with Crippen LogP contribution in [0.25, 0.3) is 0 Å². The van der Waals surface area contributed by atoms with Gasteiger partial charge in [0.05, 0.1) is 24.1 Å². The molecule has 0 saturated heterocycles. The Hall–Kier alpha value is -3.20. The molecule has 0 aliphatic carbocycles. The van der Waals surface area contributed by atoms with E-state index < -0.39 is 0 Å². The minimum atomic E-state index is -0.379. The highest BCUT2D eigenvalue weighted by Crippen LogP contribution is 2.33. The third-order valence-corrected chi connectivity index (χ3v) is 5.36. The quantitative estimate of drug-likeness (QED) is 0.647. The molecule has 32 heavy (non-hydrogen) atoms. The van der Waals surface area contributed by atoms with E-state index in [0.29, 0.717) is 19.6 Å². The minimum absolute atomic E-state index is 0.138. The summed E-state index contributed by atoms with van der Waals surface area (Å²) in [6.07, 6.45) is 3.20. The molecule has 9 heteroatoms. The highest BCUT2D eigenvalue weighted by molar-refractivity contribution is 6.02. The van der Waals surface area contributed by atoms with Crippen molar-refractivity contribution in [1.82, 2.24) is 19.8 Å². The highest BCUT2D eigenvalue weighted by atomic mass is 19.1. The molecule has 0 saturated carbocycles. The number of aromatic nitrogens is 1. The molecule has 0 radical (unpaired) electrons. The number of hydrazone groups is 1. The summed E-state index contributed by atoms with van der Waals surface area (Å²) in [5, 5.41) is 8.85. The van der Waals surface area contributed by atoms with E-state index in [1.54, 1.807) is 19.2 Å². The van der Waals surface area contributed by atoms with Gasteiger partial charge in [-0.2, -0.15) is 5.10 Å². The van der Waals surface area contributed by atoms with E-state index in [-0.39, 0.29) is 36.9 Å². The van der Waals surface area contributed by atoms with Crippen molar-refractivity contribution in [3.8, 4) is 0 Å². The number of ether oxygens (including phenoxy) is 1. The van der Waals surface area contributed by atoms with Crippen LogP contribution in [0.3, 0.4) is 0 Å². The Bertz CT molecular complexity index is 957. The first-order chi connectivity index (χ1) is 15.4. The second-order valence-corrected chi connectivity index (χ2v) is 7.71. The van der Waals surface area contributed by atoms with Gasteiger partial charge in [-0.05, 0) is 36.2 Å². The Morgan fingerprint density at radius 1 is 1.28 bits per heavy atom. The number of hydrogen-bond donors (Lipinski definition) is 1. The van der Waals surface area contributed by atoms with E-state index in [4.69, 9.17) is 4.74 Å². The van der Waals surface area contributed by atoms with E-state index in [2.05, 4.69) is 10.4 Å². The molecule has 0 spiro atoms. The van der Waals surface area contributed by atoms with Crippen molar-refractivity contribution in [2.24, 2.45) is 12.1 Å². The van der Waals surface area contributed by atoms with Crippen LogP contribution in [0, 0.1) is 5.82 Å². The van der Waals surface area contributed by atoms with Crippen molar-refractivity contribution >= 4 is 17.6 Å². The SMILES string of the molecule is CCCNC(=O)N(CCOC)CC(=O)N1N=C(c2cccn2C)C[C@H]1c1ccc(F)cc1. The Labute approximate surface area is 187 Å². The summed E-state index contributed by atoms with van der Waals surface area (Å²) in [5.74, 6) is -0.655. The Balaban J connectivity index is 1.85. The van der Waals surface area contributed by atoms with Crippen LogP contribution in [-0.4, -0.2) is 65.5 Å². The number of nitrogens with one attached hydrogen (secondary N) is 1. The number of rotatable bonds is 9. The lowest BCUT2D eigenvalue weighted by Crippen LogP contribution is -2.47. The van der Waals surface area contributed by atoms with Gasteiger partial charge in [-0.1, -0.05) is 19.1 Å². The number of carbonyl (C=O) groups excluding carboxylic acids is 2.